The molecule has 0 heterocycles. The number of aliphatic hydroxyl groups excluding tert-OH is 1. The molecule has 2 N–H and O–H groups in total. The summed E-state index contributed by atoms with van der Waals surface area (Å²) in [6.45, 7) is 1.80. The average Bonchev–Trinajstić information content (AvgIpc) is 2.17. The maximum Gasteiger partial charge on any atom is 0.207 e. The minimum atomic E-state index is -3.24. The van der Waals surface area contributed by atoms with Gasteiger partial charge in [0.15, 0.2) is 0 Å². The van der Waals surface area contributed by atoms with E-state index in [0.29, 0.717) is 6.42 Å². The SMILES string of the molecule is CC[C@@H](O)CP(=O)(O)Cc1ccccc1. The van der Waals surface area contributed by atoms with Gasteiger partial charge >= 0.3 is 0 Å². The summed E-state index contributed by atoms with van der Waals surface area (Å²) in [5.74, 6) is 0. The summed E-state index contributed by atoms with van der Waals surface area (Å²) in [6.07, 6.45) is -0.0348. The molecule has 0 aliphatic heterocycles. The van der Waals surface area contributed by atoms with Crippen LogP contribution in [0.25, 0.3) is 0 Å². The van der Waals surface area contributed by atoms with Gasteiger partial charge in [-0.05, 0) is 12.0 Å². The van der Waals surface area contributed by atoms with E-state index >= 15 is 0 Å². The first-order chi connectivity index (χ1) is 7.03. The first kappa shape index (κ1) is 12.4. The van der Waals surface area contributed by atoms with Crippen molar-refractivity contribution in [1.29, 1.82) is 0 Å². The fraction of sp³-hybridized carbons (Fsp3) is 0.455. The number of hydrogen-bond acceptors (Lipinski definition) is 2. The largest absolute Gasteiger partial charge is 0.393 e. The van der Waals surface area contributed by atoms with Crippen molar-refractivity contribution in [2.24, 2.45) is 0 Å². The van der Waals surface area contributed by atoms with Crippen molar-refractivity contribution >= 4 is 7.37 Å². The van der Waals surface area contributed by atoms with Crippen molar-refractivity contribution < 1.29 is 14.6 Å². The molecule has 0 aliphatic carbocycles. The number of hydrogen-bond donors (Lipinski definition) is 2. The van der Waals surface area contributed by atoms with Gasteiger partial charge in [-0.3, -0.25) is 4.57 Å². The highest BCUT2D eigenvalue weighted by Crippen LogP contribution is 2.45. The highest BCUT2D eigenvalue weighted by atomic mass is 31.2. The second-order valence-electron chi connectivity index (χ2n) is 3.73. The quantitative estimate of drug-likeness (QED) is 0.760. The van der Waals surface area contributed by atoms with Crippen LogP contribution >= 0.6 is 7.37 Å². The first-order valence-electron chi connectivity index (χ1n) is 5.06. The Morgan fingerprint density at radius 1 is 1.33 bits per heavy atom. The van der Waals surface area contributed by atoms with Gasteiger partial charge in [-0.25, -0.2) is 0 Å². The van der Waals surface area contributed by atoms with Crippen LogP contribution in [0.1, 0.15) is 18.9 Å². The molecule has 0 bridgehead atoms. The van der Waals surface area contributed by atoms with Gasteiger partial charge in [0.05, 0.1) is 12.3 Å². The zero-order valence-electron chi connectivity index (χ0n) is 8.84. The number of rotatable bonds is 5. The molecule has 0 aromatic heterocycles. The van der Waals surface area contributed by atoms with Crippen LogP contribution in [0.5, 0.6) is 0 Å². The van der Waals surface area contributed by atoms with Crippen molar-refractivity contribution in [3.05, 3.63) is 35.9 Å². The first-order valence-corrected chi connectivity index (χ1v) is 7.09. The molecule has 1 rings (SSSR count). The second-order valence-corrected chi connectivity index (χ2v) is 6.11. The Kier molecular flexibility index (Phi) is 4.52. The van der Waals surface area contributed by atoms with Crippen molar-refractivity contribution in [2.75, 3.05) is 6.16 Å². The molecule has 0 fully saturated rings. The summed E-state index contributed by atoms with van der Waals surface area (Å²) in [7, 11) is -3.24. The van der Waals surface area contributed by atoms with Crippen LogP contribution < -0.4 is 0 Å². The van der Waals surface area contributed by atoms with Gasteiger partial charge in [-0.2, -0.15) is 0 Å². The molecule has 15 heavy (non-hydrogen) atoms. The Balaban J connectivity index is 2.61. The topological polar surface area (TPSA) is 57.5 Å². The number of benzene rings is 1. The van der Waals surface area contributed by atoms with Crippen LogP contribution in [0.4, 0.5) is 0 Å². The predicted octanol–water partition coefficient (Wildman–Crippen LogP) is 2.23. The Bertz CT molecular complexity index is 337. The molecule has 0 aliphatic rings. The molecule has 3 nitrogen and oxygen atoms in total. The lowest BCUT2D eigenvalue weighted by atomic mass is 10.2. The van der Waals surface area contributed by atoms with E-state index in [1.54, 1.807) is 6.92 Å². The van der Waals surface area contributed by atoms with Crippen molar-refractivity contribution in [3.8, 4) is 0 Å². The fourth-order valence-corrected chi connectivity index (χ4v) is 3.22. The van der Waals surface area contributed by atoms with Gasteiger partial charge < -0.3 is 10.00 Å². The van der Waals surface area contributed by atoms with Crippen LogP contribution in [0, 0.1) is 0 Å². The molecule has 0 saturated heterocycles. The predicted molar refractivity (Wildman–Crippen MR) is 61.1 cm³/mol. The van der Waals surface area contributed by atoms with Gasteiger partial charge in [0.2, 0.25) is 7.37 Å². The van der Waals surface area contributed by atoms with Gasteiger partial charge in [-0.15, -0.1) is 0 Å². The lowest BCUT2D eigenvalue weighted by Gasteiger charge is -2.14. The molecule has 0 saturated carbocycles. The zero-order valence-corrected chi connectivity index (χ0v) is 9.73. The average molecular weight is 228 g/mol. The third-order valence-electron chi connectivity index (χ3n) is 2.24. The van der Waals surface area contributed by atoms with Crippen LogP contribution in [0.2, 0.25) is 0 Å². The van der Waals surface area contributed by atoms with E-state index in [0.717, 1.165) is 5.56 Å². The van der Waals surface area contributed by atoms with Gasteiger partial charge in [-0.1, -0.05) is 37.3 Å². The molecule has 1 aromatic carbocycles. The van der Waals surface area contributed by atoms with E-state index in [-0.39, 0.29) is 12.3 Å². The molecule has 1 unspecified atom stereocenters. The zero-order chi connectivity index (χ0) is 11.3. The van der Waals surface area contributed by atoms with E-state index in [4.69, 9.17) is 0 Å². The minimum absolute atomic E-state index is 0.0155. The van der Waals surface area contributed by atoms with E-state index in [1.807, 2.05) is 30.3 Å². The van der Waals surface area contributed by atoms with Crippen LogP contribution in [0.15, 0.2) is 30.3 Å². The fourth-order valence-electron chi connectivity index (χ4n) is 1.39. The van der Waals surface area contributed by atoms with Crippen molar-refractivity contribution in [3.63, 3.8) is 0 Å². The maximum absolute atomic E-state index is 11.7. The molecular weight excluding hydrogens is 211 g/mol. The van der Waals surface area contributed by atoms with E-state index in [1.165, 1.54) is 0 Å². The maximum atomic E-state index is 11.7. The van der Waals surface area contributed by atoms with Gasteiger partial charge in [0.25, 0.3) is 0 Å². The standard InChI is InChI=1S/C11H17O3P/c1-2-11(12)9-15(13,14)8-10-6-4-3-5-7-10/h3-7,11-12H,2,8-9H2,1H3,(H,13,14)/t11-/m1/s1. The van der Waals surface area contributed by atoms with E-state index < -0.39 is 13.5 Å². The Morgan fingerprint density at radius 3 is 2.47 bits per heavy atom. The summed E-state index contributed by atoms with van der Waals surface area (Å²) in [6, 6.07) is 9.19. The van der Waals surface area contributed by atoms with Gasteiger partial charge in [0.1, 0.15) is 0 Å². The highest BCUT2D eigenvalue weighted by Gasteiger charge is 2.22. The van der Waals surface area contributed by atoms with Crippen molar-refractivity contribution in [2.45, 2.75) is 25.6 Å². The summed E-state index contributed by atoms with van der Waals surface area (Å²) in [5.41, 5.74) is 0.839. The molecule has 2 atom stereocenters. The molecular formula is C11H17O3P. The van der Waals surface area contributed by atoms with Crippen LogP contribution in [0.3, 0.4) is 0 Å². The second kappa shape index (κ2) is 5.45. The molecule has 0 spiro atoms. The van der Waals surface area contributed by atoms with Gasteiger partial charge in [0, 0.05) is 6.16 Å². The van der Waals surface area contributed by atoms with E-state index in [2.05, 4.69) is 0 Å². The molecule has 84 valence electrons. The lowest BCUT2D eigenvalue weighted by molar-refractivity contribution is 0.190. The summed E-state index contributed by atoms with van der Waals surface area (Å²) < 4.78 is 11.7. The number of aliphatic hydroxyl groups is 1. The third-order valence-corrected chi connectivity index (χ3v) is 4.09. The third kappa shape index (κ3) is 4.61. The normalized spacial score (nSPS) is 17.0. The smallest absolute Gasteiger partial charge is 0.207 e. The Hall–Kier alpha value is -0.630. The lowest BCUT2D eigenvalue weighted by Crippen LogP contribution is -2.11. The summed E-state index contributed by atoms with van der Waals surface area (Å²) in [5, 5.41) is 9.34. The molecule has 0 radical (unpaired) electrons. The monoisotopic (exact) mass is 228 g/mol. The van der Waals surface area contributed by atoms with Crippen molar-refractivity contribution in [1.82, 2.24) is 0 Å². The molecule has 0 amide bonds. The Labute approximate surface area is 90.2 Å². The minimum Gasteiger partial charge on any atom is -0.393 e. The highest BCUT2D eigenvalue weighted by molar-refractivity contribution is 7.57. The summed E-state index contributed by atoms with van der Waals surface area (Å²) >= 11 is 0. The molecule has 1 aromatic rings. The van der Waals surface area contributed by atoms with Crippen LogP contribution in [-0.4, -0.2) is 22.3 Å². The van der Waals surface area contributed by atoms with E-state index in [9.17, 15) is 14.6 Å². The molecule has 4 heteroatoms. The summed E-state index contributed by atoms with van der Waals surface area (Å²) in [4.78, 5) is 9.66. The van der Waals surface area contributed by atoms with Crippen LogP contribution in [-0.2, 0) is 10.7 Å². The Morgan fingerprint density at radius 2 is 1.93 bits per heavy atom.